The van der Waals surface area contributed by atoms with E-state index in [-0.39, 0.29) is 24.1 Å². The second-order valence-electron chi connectivity index (χ2n) is 6.00. The number of nitrogens with one attached hydrogen (secondary N) is 1. The summed E-state index contributed by atoms with van der Waals surface area (Å²) in [4.78, 5) is 12.3. The zero-order valence-electron chi connectivity index (χ0n) is 15.6. The Kier molecular flexibility index (Phi) is 7.20. The standard InChI is InChI=1S/C19H24N2O5S/c1-15(14-26-18-12-8-7-11-17(18)25-3)20-19(22)13-21(2)27(23,24)16-9-5-4-6-10-16/h4-12,15H,13-14H2,1-3H3,(H,20,22)/t15-/m0/s1. The van der Waals surface area contributed by atoms with Gasteiger partial charge in [-0.05, 0) is 31.2 Å². The number of hydrogen-bond donors (Lipinski definition) is 1. The number of likely N-dealkylation sites (N-methyl/N-ethyl adjacent to an activating group) is 1. The Labute approximate surface area is 160 Å². The first-order chi connectivity index (χ1) is 12.8. The topological polar surface area (TPSA) is 84.9 Å². The van der Waals surface area contributed by atoms with Crippen molar-refractivity contribution in [2.24, 2.45) is 0 Å². The first-order valence-corrected chi connectivity index (χ1v) is 9.85. The van der Waals surface area contributed by atoms with Crippen LogP contribution in [0.4, 0.5) is 0 Å². The number of methoxy groups -OCH3 is 1. The molecule has 0 heterocycles. The molecule has 7 nitrogen and oxygen atoms in total. The summed E-state index contributed by atoms with van der Waals surface area (Å²) in [5.74, 6) is 0.766. The monoisotopic (exact) mass is 392 g/mol. The second kappa shape index (κ2) is 9.38. The number of benzene rings is 2. The average Bonchev–Trinajstić information content (AvgIpc) is 2.67. The second-order valence-corrected chi connectivity index (χ2v) is 8.05. The lowest BCUT2D eigenvalue weighted by Gasteiger charge is -2.20. The van der Waals surface area contributed by atoms with Crippen molar-refractivity contribution in [3.8, 4) is 11.5 Å². The molecule has 1 amide bonds. The van der Waals surface area contributed by atoms with E-state index in [9.17, 15) is 13.2 Å². The van der Waals surface area contributed by atoms with Crippen LogP contribution >= 0.6 is 0 Å². The van der Waals surface area contributed by atoms with Gasteiger partial charge >= 0.3 is 0 Å². The SMILES string of the molecule is COc1ccccc1OC[C@H](C)NC(=O)CN(C)S(=O)(=O)c1ccccc1. The van der Waals surface area contributed by atoms with Crippen molar-refractivity contribution in [3.63, 3.8) is 0 Å². The van der Waals surface area contributed by atoms with Gasteiger partial charge in [-0.25, -0.2) is 8.42 Å². The van der Waals surface area contributed by atoms with Gasteiger partial charge in [0.2, 0.25) is 15.9 Å². The quantitative estimate of drug-likeness (QED) is 0.705. The molecular weight excluding hydrogens is 368 g/mol. The predicted molar refractivity (Wildman–Crippen MR) is 102 cm³/mol. The fourth-order valence-electron chi connectivity index (χ4n) is 2.37. The minimum absolute atomic E-state index is 0.146. The van der Waals surface area contributed by atoms with Gasteiger partial charge in [-0.3, -0.25) is 4.79 Å². The van der Waals surface area contributed by atoms with Gasteiger partial charge in [-0.1, -0.05) is 30.3 Å². The van der Waals surface area contributed by atoms with Crippen molar-refractivity contribution < 1.29 is 22.7 Å². The summed E-state index contributed by atoms with van der Waals surface area (Å²) in [5.41, 5.74) is 0. The minimum Gasteiger partial charge on any atom is -0.493 e. The fraction of sp³-hybridized carbons (Fsp3) is 0.316. The van der Waals surface area contributed by atoms with Crippen LogP contribution < -0.4 is 14.8 Å². The Morgan fingerprint density at radius 3 is 2.30 bits per heavy atom. The van der Waals surface area contributed by atoms with Crippen LogP contribution in [0.2, 0.25) is 0 Å². The summed E-state index contributed by atoms with van der Waals surface area (Å²) in [5, 5.41) is 2.73. The Morgan fingerprint density at radius 2 is 1.67 bits per heavy atom. The average molecular weight is 392 g/mol. The molecule has 0 bridgehead atoms. The van der Waals surface area contributed by atoms with E-state index in [4.69, 9.17) is 9.47 Å². The maximum Gasteiger partial charge on any atom is 0.243 e. The number of rotatable bonds is 9. The molecule has 0 spiro atoms. The maximum atomic E-state index is 12.4. The normalized spacial score (nSPS) is 12.4. The van der Waals surface area contributed by atoms with E-state index in [0.29, 0.717) is 11.5 Å². The number of sulfonamides is 1. The van der Waals surface area contributed by atoms with Crippen molar-refractivity contribution in [2.75, 3.05) is 27.3 Å². The van der Waals surface area contributed by atoms with E-state index in [1.165, 1.54) is 19.2 Å². The molecule has 0 fully saturated rings. The zero-order chi connectivity index (χ0) is 19.9. The summed E-state index contributed by atoms with van der Waals surface area (Å²) in [6.07, 6.45) is 0. The molecular formula is C19H24N2O5S. The molecule has 1 N–H and O–H groups in total. The highest BCUT2D eigenvalue weighted by Gasteiger charge is 2.23. The van der Waals surface area contributed by atoms with E-state index >= 15 is 0 Å². The van der Waals surface area contributed by atoms with Gasteiger partial charge in [0.15, 0.2) is 11.5 Å². The molecule has 0 saturated carbocycles. The Hall–Kier alpha value is -2.58. The molecule has 0 saturated heterocycles. The van der Waals surface area contributed by atoms with E-state index < -0.39 is 15.9 Å². The van der Waals surface area contributed by atoms with Crippen molar-refractivity contribution in [3.05, 3.63) is 54.6 Å². The molecule has 0 aromatic heterocycles. The lowest BCUT2D eigenvalue weighted by molar-refractivity contribution is -0.121. The number of carbonyl (C=O) groups excluding carboxylic acids is 1. The molecule has 0 aliphatic carbocycles. The molecule has 2 aromatic carbocycles. The Bertz CT molecular complexity index is 855. The van der Waals surface area contributed by atoms with Crippen molar-refractivity contribution >= 4 is 15.9 Å². The molecule has 1 atom stereocenters. The van der Waals surface area contributed by atoms with Crippen molar-refractivity contribution in [1.29, 1.82) is 0 Å². The third-order valence-corrected chi connectivity index (χ3v) is 5.60. The first-order valence-electron chi connectivity index (χ1n) is 8.41. The Balaban J connectivity index is 1.87. The lowest BCUT2D eigenvalue weighted by Crippen LogP contribution is -2.43. The summed E-state index contributed by atoms with van der Waals surface area (Å²) in [6, 6.07) is 14.9. The van der Waals surface area contributed by atoms with Gasteiger partial charge in [-0.15, -0.1) is 0 Å². The number of hydrogen-bond acceptors (Lipinski definition) is 5. The van der Waals surface area contributed by atoms with Crippen molar-refractivity contribution in [1.82, 2.24) is 9.62 Å². The first kappa shape index (κ1) is 20.7. The van der Waals surface area contributed by atoms with Gasteiger partial charge < -0.3 is 14.8 Å². The predicted octanol–water partition coefficient (Wildman–Crippen LogP) is 1.90. The van der Waals surface area contributed by atoms with E-state index in [1.807, 2.05) is 12.1 Å². The molecule has 0 unspecified atom stereocenters. The highest BCUT2D eigenvalue weighted by atomic mass is 32.2. The Morgan fingerprint density at radius 1 is 1.07 bits per heavy atom. The molecule has 0 aliphatic heterocycles. The van der Waals surface area contributed by atoms with E-state index in [2.05, 4.69) is 5.32 Å². The van der Waals surface area contributed by atoms with Crippen LogP contribution in [0.1, 0.15) is 6.92 Å². The number of carbonyl (C=O) groups is 1. The largest absolute Gasteiger partial charge is 0.493 e. The van der Waals surface area contributed by atoms with Crippen LogP contribution in [0.15, 0.2) is 59.5 Å². The fourth-order valence-corrected chi connectivity index (χ4v) is 3.52. The summed E-state index contributed by atoms with van der Waals surface area (Å²) in [6.45, 7) is 1.72. The molecule has 2 rings (SSSR count). The van der Waals surface area contributed by atoms with Crippen LogP contribution in [-0.4, -0.2) is 52.0 Å². The van der Waals surface area contributed by atoms with E-state index in [1.54, 1.807) is 44.4 Å². The zero-order valence-corrected chi connectivity index (χ0v) is 16.4. The highest BCUT2D eigenvalue weighted by molar-refractivity contribution is 7.89. The molecule has 2 aromatic rings. The molecule has 0 aliphatic rings. The van der Waals surface area contributed by atoms with Gasteiger partial charge in [0.05, 0.1) is 24.6 Å². The van der Waals surface area contributed by atoms with E-state index in [0.717, 1.165) is 4.31 Å². The van der Waals surface area contributed by atoms with Crippen molar-refractivity contribution in [2.45, 2.75) is 17.9 Å². The minimum atomic E-state index is -3.71. The molecule has 8 heteroatoms. The molecule has 0 radical (unpaired) electrons. The molecule has 27 heavy (non-hydrogen) atoms. The van der Waals surface area contributed by atoms with Crippen LogP contribution in [0.5, 0.6) is 11.5 Å². The maximum absolute atomic E-state index is 12.4. The third-order valence-electron chi connectivity index (χ3n) is 3.78. The summed E-state index contributed by atoms with van der Waals surface area (Å²) < 4.78 is 36.8. The van der Waals surface area contributed by atoms with Crippen LogP contribution in [0.3, 0.4) is 0 Å². The van der Waals surface area contributed by atoms with Crippen LogP contribution in [0.25, 0.3) is 0 Å². The number of ether oxygens (including phenoxy) is 2. The lowest BCUT2D eigenvalue weighted by atomic mass is 10.3. The molecule has 146 valence electrons. The summed E-state index contributed by atoms with van der Waals surface area (Å²) in [7, 11) is -0.784. The third kappa shape index (κ3) is 5.70. The number of amides is 1. The summed E-state index contributed by atoms with van der Waals surface area (Å²) >= 11 is 0. The van der Waals surface area contributed by atoms with Crippen LogP contribution in [-0.2, 0) is 14.8 Å². The van der Waals surface area contributed by atoms with Gasteiger partial charge in [-0.2, -0.15) is 4.31 Å². The van der Waals surface area contributed by atoms with Gasteiger partial charge in [0.1, 0.15) is 6.61 Å². The van der Waals surface area contributed by atoms with Crippen LogP contribution in [0, 0.1) is 0 Å². The van der Waals surface area contributed by atoms with Gasteiger partial charge in [0, 0.05) is 7.05 Å². The number of para-hydroxylation sites is 2. The highest BCUT2D eigenvalue weighted by Crippen LogP contribution is 2.25. The number of nitrogens with zero attached hydrogens (tertiary/aromatic N) is 1. The van der Waals surface area contributed by atoms with Gasteiger partial charge in [0.25, 0.3) is 0 Å². The smallest absolute Gasteiger partial charge is 0.243 e.